The average molecular weight is 314 g/mol. The van der Waals surface area contributed by atoms with Gasteiger partial charge in [-0.3, -0.25) is 4.79 Å². The molecule has 2 aromatic rings. The molecular formula is C15H12ClN5O. The third-order valence-corrected chi connectivity index (χ3v) is 4.01. The van der Waals surface area contributed by atoms with Crippen molar-refractivity contribution in [1.29, 1.82) is 5.26 Å². The van der Waals surface area contributed by atoms with Gasteiger partial charge in [0.05, 0.1) is 11.1 Å². The molecular weight excluding hydrogens is 302 g/mol. The number of nitrogens with one attached hydrogen (secondary N) is 1. The second-order valence-corrected chi connectivity index (χ2v) is 5.51. The molecule has 110 valence electrons. The number of nitrogens with two attached hydrogens (primary N) is 2. The summed E-state index contributed by atoms with van der Waals surface area (Å²) < 4.78 is 0. The third-order valence-electron chi connectivity index (χ3n) is 3.73. The Morgan fingerprint density at radius 1 is 1.36 bits per heavy atom. The van der Waals surface area contributed by atoms with Gasteiger partial charge in [0, 0.05) is 5.56 Å². The fraction of sp³-hybridized carbons (Fsp3) is 0.133. The van der Waals surface area contributed by atoms with Gasteiger partial charge < -0.3 is 16.8 Å². The molecule has 1 amide bonds. The van der Waals surface area contributed by atoms with Gasteiger partial charge in [0.25, 0.3) is 5.91 Å². The number of pyridine rings is 1. The van der Waals surface area contributed by atoms with E-state index < -0.39 is 11.6 Å². The van der Waals surface area contributed by atoms with E-state index in [9.17, 15) is 10.1 Å². The molecule has 0 radical (unpaired) electrons. The van der Waals surface area contributed by atoms with Gasteiger partial charge in [-0.2, -0.15) is 5.26 Å². The molecule has 0 fully saturated rings. The Bertz CT molecular complexity index is 840. The van der Waals surface area contributed by atoms with Crippen LogP contribution in [-0.4, -0.2) is 10.9 Å². The summed E-state index contributed by atoms with van der Waals surface area (Å²) >= 11 is 5.99. The average Bonchev–Trinajstić information content (AvgIpc) is 2.73. The van der Waals surface area contributed by atoms with Gasteiger partial charge in [0.2, 0.25) is 0 Å². The second kappa shape index (κ2) is 4.70. The minimum Gasteiger partial charge on any atom is -0.383 e. The molecule has 0 bridgehead atoms. The molecule has 1 aliphatic heterocycles. The van der Waals surface area contributed by atoms with E-state index in [0.29, 0.717) is 5.56 Å². The zero-order chi connectivity index (χ0) is 16.1. The van der Waals surface area contributed by atoms with Crippen molar-refractivity contribution in [1.82, 2.24) is 10.3 Å². The quantitative estimate of drug-likeness (QED) is 0.688. The molecule has 1 atom stereocenters. The van der Waals surface area contributed by atoms with E-state index in [1.165, 1.54) is 0 Å². The standard InChI is InChI=1S/C15H12ClN5O/c1-7-2-4-8(5-3-7)15(19)11-9(6-17)12(16)20-13(18)10(11)14(22)21-15/h2-5H,19H2,1H3,(H2,18,20)(H,21,22). The van der Waals surface area contributed by atoms with Crippen molar-refractivity contribution in [3.8, 4) is 6.07 Å². The Morgan fingerprint density at radius 2 is 2.00 bits per heavy atom. The van der Waals surface area contributed by atoms with Crippen molar-refractivity contribution in [3.05, 3.63) is 57.2 Å². The number of nitriles is 1. The molecule has 5 N–H and O–H groups in total. The number of aryl methyl sites for hydroxylation is 1. The van der Waals surface area contributed by atoms with E-state index >= 15 is 0 Å². The fourth-order valence-corrected chi connectivity index (χ4v) is 2.86. The monoisotopic (exact) mass is 313 g/mol. The normalized spacial score (nSPS) is 19.5. The highest BCUT2D eigenvalue weighted by molar-refractivity contribution is 6.31. The van der Waals surface area contributed by atoms with E-state index in [1.54, 1.807) is 12.1 Å². The van der Waals surface area contributed by atoms with Crippen LogP contribution < -0.4 is 16.8 Å². The maximum atomic E-state index is 12.3. The largest absolute Gasteiger partial charge is 0.383 e. The summed E-state index contributed by atoms with van der Waals surface area (Å²) in [6.07, 6.45) is 0. The third kappa shape index (κ3) is 1.84. The molecule has 22 heavy (non-hydrogen) atoms. The van der Waals surface area contributed by atoms with Gasteiger partial charge in [-0.15, -0.1) is 0 Å². The molecule has 0 saturated carbocycles. The highest BCUT2D eigenvalue weighted by Gasteiger charge is 2.45. The van der Waals surface area contributed by atoms with Crippen LogP contribution in [0.5, 0.6) is 0 Å². The lowest BCUT2D eigenvalue weighted by Gasteiger charge is -2.27. The summed E-state index contributed by atoms with van der Waals surface area (Å²) in [4.78, 5) is 16.1. The zero-order valence-corrected chi connectivity index (χ0v) is 12.4. The number of anilines is 1. The lowest BCUT2D eigenvalue weighted by Crippen LogP contribution is -2.49. The van der Waals surface area contributed by atoms with Crippen LogP contribution in [0.4, 0.5) is 5.82 Å². The van der Waals surface area contributed by atoms with Crippen molar-refractivity contribution in [2.45, 2.75) is 12.6 Å². The molecule has 1 unspecified atom stereocenters. The molecule has 1 aromatic carbocycles. The van der Waals surface area contributed by atoms with Crippen LogP contribution >= 0.6 is 11.6 Å². The molecule has 2 heterocycles. The van der Waals surface area contributed by atoms with Gasteiger partial charge in [-0.1, -0.05) is 41.4 Å². The number of carbonyl (C=O) groups excluding carboxylic acids is 1. The first-order chi connectivity index (χ1) is 10.4. The predicted octanol–water partition coefficient (Wildman–Crippen LogP) is 1.40. The van der Waals surface area contributed by atoms with Gasteiger partial charge in [0.15, 0.2) is 0 Å². The summed E-state index contributed by atoms with van der Waals surface area (Å²) in [7, 11) is 0. The van der Waals surface area contributed by atoms with Crippen molar-refractivity contribution in [2.24, 2.45) is 5.73 Å². The van der Waals surface area contributed by atoms with Crippen LogP contribution in [0.1, 0.15) is 32.6 Å². The van der Waals surface area contributed by atoms with Gasteiger partial charge in [0.1, 0.15) is 22.7 Å². The molecule has 6 nitrogen and oxygen atoms in total. The van der Waals surface area contributed by atoms with Crippen LogP contribution in [0, 0.1) is 18.3 Å². The molecule has 7 heteroatoms. The number of fused-ring (bicyclic) bond motifs is 1. The van der Waals surface area contributed by atoms with Gasteiger partial charge >= 0.3 is 0 Å². The number of aromatic nitrogens is 1. The SMILES string of the molecule is Cc1ccc(C2(N)NC(=O)c3c(N)nc(Cl)c(C#N)c32)cc1. The Balaban J connectivity index is 2.35. The summed E-state index contributed by atoms with van der Waals surface area (Å²) in [6, 6.07) is 9.27. The number of hydrogen-bond donors (Lipinski definition) is 3. The van der Waals surface area contributed by atoms with E-state index in [-0.39, 0.29) is 27.7 Å². The predicted molar refractivity (Wildman–Crippen MR) is 82.0 cm³/mol. The summed E-state index contributed by atoms with van der Waals surface area (Å²) in [5, 5.41) is 12.0. The number of amides is 1. The number of halogens is 1. The Morgan fingerprint density at radius 3 is 2.59 bits per heavy atom. The van der Waals surface area contributed by atoms with Crippen LogP contribution in [-0.2, 0) is 5.66 Å². The summed E-state index contributed by atoms with van der Waals surface area (Å²) in [6.45, 7) is 1.94. The van der Waals surface area contributed by atoms with Gasteiger partial charge in [-0.25, -0.2) is 4.98 Å². The van der Waals surface area contributed by atoms with E-state index in [4.69, 9.17) is 23.1 Å². The molecule has 0 aliphatic carbocycles. The van der Waals surface area contributed by atoms with Crippen molar-refractivity contribution in [3.63, 3.8) is 0 Å². The first-order valence-corrected chi connectivity index (χ1v) is 6.84. The minimum absolute atomic E-state index is 0.0454. The van der Waals surface area contributed by atoms with Crippen LogP contribution in [0.15, 0.2) is 24.3 Å². The Hall–Kier alpha value is -2.62. The van der Waals surface area contributed by atoms with Crippen molar-refractivity contribution >= 4 is 23.3 Å². The maximum absolute atomic E-state index is 12.3. The highest BCUT2D eigenvalue weighted by Crippen LogP contribution is 2.39. The van der Waals surface area contributed by atoms with Crippen LogP contribution in [0.2, 0.25) is 5.15 Å². The highest BCUT2D eigenvalue weighted by atomic mass is 35.5. The van der Waals surface area contributed by atoms with Crippen LogP contribution in [0.25, 0.3) is 0 Å². The van der Waals surface area contributed by atoms with Crippen LogP contribution in [0.3, 0.4) is 0 Å². The van der Waals surface area contributed by atoms with Gasteiger partial charge in [-0.05, 0) is 12.5 Å². The number of nitrogen functional groups attached to an aromatic ring is 1. The molecule has 1 aromatic heterocycles. The summed E-state index contributed by atoms with van der Waals surface area (Å²) in [5.74, 6) is -0.521. The number of nitrogens with zero attached hydrogens (tertiary/aromatic N) is 2. The number of carbonyl (C=O) groups is 1. The maximum Gasteiger partial charge on any atom is 0.257 e. The zero-order valence-electron chi connectivity index (χ0n) is 11.6. The Labute approximate surface area is 131 Å². The van der Waals surface area contributed by atoms with E-state index in [2.05, 4.69) is 10.3 Å². The summed E-state index contributed by atoms with van der Waals surface area (Å²) in [5.41, 5.74) is 12.9. The second-order valence-electron chi connectivity index (χ2n) is 5.15. The number of hydrogen-bond acceptors (Lipinski definition) is 5. The molecule has 0 saturated heterocycles. The minimum atomic E-state index is -1.37. The topological polar surface area (TPSA) is 118 Å². The molecule has 3 rings (SSSR count). The Kier molecular flexibility index (Phi) is 3.06. The molecule has 0 spiro atoms. The van der Waals surface area contributed by atoms with E-state index in [0.717, 1.165) is 5.56 Å². The smallest absolute Gasteiger partial charge is 0.257 e. The lowest BCUT2D eigenvalue weighted by molar-refractivity contribution is 0.0942. The fourth-order valence-electron chi connectivity index (χ4n) is 2.64. The lowest BCUT2D eigenvalue weighted by atomic mass is 9.89. The van der Waals surface area contributed by atoms with Crippen molar-refractivity contribution in [2.75, 3.05) is 5.73 Å². The van der Waals surface area contributed by atoms with Crippen molar-refractivity contribution < 1.29 is 4.79 Å². The molecule has 1 aliphatic rings. The first kappa shape index (κ1) is 14.3. The first-order valence-electron chi connectivity index (χ1n) is 6.46. The van der Waals surface area contributed by atoms with E-state index in [1.807, 2.05) is 25.1 Å². The number of benzene rings is 1. The number of rotatable bonds is 1.